The third-order valence-electron chi connectivity index (χ3n) is 16.0. The predicted molar refractivity (Wildman–Crippen MR) is 353 cm³/mol. The van der Waals surface area contributed by atoms with Crippen LogP contribution in [0.2, 0.25) is 0 Å². The van der Waals surface area contributed by atoms with Crippen LogP contribution in [0, 0.1) is 0 Å². The fourth-order valence-electron chi connectivity index (χ4n) is 10.7. The molecule has 472 valence electrons. The summed E-state index contributed by atoms with van der Waals surface area (Å²) in [6.07, 6.45) is 89.8. The fourth-order valence-corrected chi connectivity index (χ4v) is 10.7. The topological polar surface area (TPSA) is 78.9 Å². The summed E-state index contributed by atoms with van der Waals surface area (Å²) in [5.41, 5.74) is 0. The molecular formula is C75H136O6. The van der Waals surface area contributed by atoms with Gasteiger partial charge in [-0.3, -0.25) is 14.4 Å². The van der Waals surface area contributed by atoms with Gasteiger partial charge in [-0.1, -0.05) is 338 Å². The summed E-state index contributed by atoms with van der Waals surface area (Å²) in [4.78, 5) is 38.3. The second-order valence-electron chi connectivity index (χ2n) is 24.1. The lowest BCUT2D eigenvalue weighted by Gasteiger charge is -2.18. The Kier molecular flexibility index (Phi) is 67.1. The highest BCUT2D eigenvalue weighted by Crippen LogP contribution is 2.18. The van der Waals surface area contributed by atoms with E-state index in [0.717, 1.165) is 89.9 Å². The van der Waals surface area contributed by atoms with Gasteiger partial charge in [-0.05, 0) is 83.5 Å². The van der Waals surface area contributed by atoms with E-state index in [9.17, 15) is 14.4 Å². The van der Waals surface area contributed by atoms with Crippen molar-refractivity contribution in [3.8, 4) is 0 Å². The first-order valence-corrected chi connectivity index (χ1v) is 35.8. The van der Waals surface area contributed by atoms with Gasteiger partial charge in [0.2, 0.25) is 0 Å². The number of allylic oxidation sites excluding steroid dienone is 10. The van der Waals surface area contributed by atoms with Crippen LogP contribution >= 0.6 is 0 Å². The molecule has 0 aliphatic heterocycles. The molecule has 0 radical (unpaired) electrons. The summed E-state index contributed by atoms with van der Waals surface area (Å²) in [5.74, 6) is -0.853. The number of hydrogen-bond donors (Lipinski definition) is 0. The van der Waals surface area contributed by atoms with E-state index in [1.54, 1.807) is 0 Å². The summed E-state index contributed by atoms with van der Waals surface area (Å²) in [7, 11) is 0. The smallest absolute Gasteiger partial charge is 0.306 e. The Morgan fingerprint density at radius 3 is 0.765 bits per heavy atom. The van der Waals surface area contributed by atoms with Crippen molar-refractivity contribution in [3.05, 3.63) is 60.8 Å². The van der Waals surface area contributed by atoms with Crippen molar-refractivity contribution in [2.45, 2.75) is 386 Å². The molecule has 0 aromatic rings. The molecule has 0 heterocycles. The van der Waals surface area contributed by atoms with Crippen molar-refractivity contribution in [1.82, 2.24) is 0 Å². The second kappa shape index (κ2) is 69.6. The third kappa shape index (κ3) is 67.8. The number of esters is 3. The van der Waals surface area contributed by atoms with Crippen molar-refractivity contribution >= 4 is 17.9 Å². The van der Waals surface area contributed by atoms with Crippen LogP contribution in [0.1, 0.15) is 380 Å². The van der Waals surface area contributed by atoms with Gasteiger partial charge in [-0.25, -0.2) is 0 Å². The number of hydrogen-bond acceptors (Lipinski definition) is 6. The van der Waals surface area contributed by atoms with Crippen LogP contribution in [0.25, 0.3) is 0 Å². The van der Waals surface area contributed by atoms with E-state index in [-0.39, 0.29) is 31.1 Å². The number of rotatable bonds is 66. The number of carbonyl (C=O) groups excluding carboxylic acids is 3. The molecule has 0 saturated carbocycles. The van der Waals surface area contributed by atoms with Gasteiger partial charge in [0.05, 0.1) is 0 Å². The van der Waals surface area contributed by atoms with Crippen LogP contribution in [-0.4, -0.2) is 37.2 Å². The molecule has 0 N–H and O–H groups in total. The van der Waals surface area contributed by atoms with Crippen LogP contribution in [0.5, 0.6) is 0 Å². The van der Waals surface area contributed by atoms with E-state index < -0.39 is 6.10 Å². The molecule has 1 unspecified atom stereocenters. The highest BCUT2D eigenvalue weighted by molar-refractivity contribution is 5.71. The van der Waals surface area contributed by atoms with Crippen molar-refractivity contribution in [3.63, 3.8) is 0 Å². The molecule has 0 bridgehead atoms. The van der Waals surface area contributed by atoms with Gasteiger partial charge in [0, 0.05) is 19.3 Å². The standard InChI is InChI=1S/C75H136O6/c1-4-7-10-13-16-19-22-25-28-29-30-31-32-33-34-35-36-37-38-39-40-41-42-43-44-45-46-47-48-51-53-56-59-62-65-68-74(77)80-71-72(81-75(78)69-66-63-60-57-54-50-27-24-21-18-15-12-9-6-3)70-79-73(76)67-64-61-58-55-52-49-26-23-20-17-14-11-8-5-2/h7,10,16,19,24-25,27-28,30-31,72H,4-6,8-9,11-15,17-18,20-23,26,29,32-71H2,1-3H3/b10-7-,19-16-,27-24-,28-25-,31-30-. The van der Waals surface area contributed by atoms with Crippen molar-refractivity contribution in [1.29, 1.82) is 0 Å². The molecular weight excluding hydrogens is 997 g/mol. The monoisotopic (exact) mass is 1130 g/mol. The molecule has 0 saturated heterocycles. The predicted octanol–water partition coefficient (Wildman–Crippen LogP) is 24.7. The Morgan fingerprint density at radius 2 is 0.481 bits per heavy atom. The zero-order chi connectivity index (χ0) is 58.5. The first kappa shape index (κ1) is 78.1. The Morgan fingerprint density at radius 1 is 0.259 bits per heavy atom. The minimum absolute atomic E-state index is 0.0704. The first-order valence-electron chi connectivity index (χ1n) is 35.8. The highest BCUT2D eigenvalue weighted by atomic mass is 16.6. The van der Waals surface area contributed by atoms with Gasteiger partial charge < -0.3 is 14.2 Å². The van der Waals surface area contributed by atoms with Crippen LogP contribution in [-0.2, 0) is 28.6 Å². The molecule has 0 rings (SSSR count). The van der Waals surface area contributed by atoms with Crippen molar-refractivity contribution in [2.75, 3.05) is 13.2 Å². The molecule has 0 spiro atoms. The van der Waals surface area contributed by atoms with Crippen molar-refractivity contribution < 1.29 is 28.6 Å². The zero-order valence-corrected chi connectivity index (χ0v) is 54.3. The number of ether oxygens (including phenoxy) is 3. The summed E-state index contributed by atoms with van der Waals surface area (Å²) in [6, 6.07) is 0. The maximum atomic E-state index is 12.9. The Hall–Kier alpha value is -2.89. The minimum Gasteiger partial charge on any atom is -0.462 e. The van der Waals surface area contributed by atoms with E-state index in [1.165, 1.54) is 250 Å². The van der Waals surface area contributed by atoms with Gasteiger partial charge in [0.15, 0.2) is 6.10 Å². The molecule has 0 aliphatic carbocycles. The van der Waals surface area contributed by atoms with Crippen LogP contribution < -0.4 is 0 Å². The lowest BCUT2D eigenvalue weighted by atomic mass is 10.0. The molecule has 1 atom stereocenters. The maximum absolute atomic E-state index is 12.9. The number of unbranched alkanes of at least 4 members (excludes halogenated alkanes) is 45. The van der Waals surface area contributed by atoms with Crippen LogP contribution in [0.15, 0.2) is 60.8 Å². The van der Waals surface area contributed by atoms with Crippen LogP contribution in [0.4, 0.5) is 0 Å². The van der Waals surface area contributed by atoms with E-state index in [0.29, 0.717) is 19.3 Å². The summed E-state index contributed by atoms with van der Waals surface area (Å²) in [6.45, 7) is 6.57. The van der Waals surface area contributed by atoms with Gasteiger partial charge in [-0.2, -0.15) is 0 Å². The summed E-state index contributed by atoms with van der Waals surface area (Å²) >= 11 is 0. The van der Waals surface area contributed by atoms with Crippen LogP contribution in [0.3, 0.4) is 0 Å². The second-order valence-corrected chi connectivity index (χ2v) is 24.1. The summed E-state index contributed by atoms with van der Waals surface area (Å²) < 4.78 is 17.0. The zero-order valence-electron chi connectivity index (χ0n) is 54.3. The SMILES string of the molecule is CC/C=C\C/C=C\C/C=C\C/C=C\CCCCCCCCCCCCCCCCCCCCCCCCC(=O)OCC(COC(=O)CCCCCCCCCCCCCCCC)OC(=O)CCCCCCC/C=C\CCCCCCC. The number of carbonyl (C=O) groups is 3. The highest BCUT2D eigenvalue weighted by Gasteiger charge is 2.19. The van der Waals surface area contributed by atoms with Gasteiger partial charge in [-0.15, -0.1) is 0 Å². The average molecular weight is 1130 g/mol. The quantitative estimate of drug-likeness (QED) is 0.0261. The molecule has 81 heavy (non-hydrogen) atoms. The van der Waals surface area contributed by atoms with E-state index in [2.05, 4.69) is 81.5 Å². The summed E-state index contributed by atoms with van der Waals surface area (Å²) in [5, 5.41) is 0. The maximum Gasteiger partial charge on any atom is 0.306 e. The molecule has 0 aromatic heterocycles. The normalized spacial score (nSPS) is 12.4. The molecule has 0 amide bonds. The average Bonchev–Trinajstić information content (AvgIpc) is 3.47. The van der Waals surface area contributed by atoms with Gasteiger partial charge in [0.25, 0.3) is 0 Å². The Balaban J connectivity index is 4.06. The molecule has 0 aromatic carbocycles. The molecule has 0 aliphatic rings. The fraction of sp³-hybridized carbons (Fsp3) is 0.827. The first-order chi connectivity index (χ1) is 40.0. The molecule has 0 fully saturated rings. The van der Waals surface area contributed by atoms with E-state index >= 15 is 0 Å². The lowest BCUT2D eigenvalue weighted by molar-refractivity contribution is -0.167. The third-order valence-corrected chi connectivity index (χ3v) is 16.0. The minimum atomic E-state index is -0.774. The van der Waals surface area contributed by atoms with E-state index in [1.807, 2.05) is 0 Å². The van der Waals surface area contributed by atoms with Gasteiger partial charge >= 0.3 is 17.9 Å². The Labute approximate surface area is 504 Å². The molecule has 6 nitrogen and oxygen atoms in total. The van der Waals surface area contributed by atoms with E-state index in [4.69, 9.17) is 14.2 Å². The van der Waals surface area contributed by atoms with Gasteiger partial charge in [0.1, 0.15) is 13.2 Å². The molecule has 6 heteroatoms. The van der Waals surface area contributed by atoms with Crippen molar-refractivity contribution in [2.24, 2.45) is 0 Å². The Bertz CT molecular complexity index is 1440. The largest absolute Gasteiger partial charge is 0.462 e. The lowest BCUT2D eigenvalue weighted by Crippen LogP contribution is -2.30.